The molecule has 2 aromatic carbocycles. The van der Waals surface area contributed by atoms with Crippen molar-refractivity contribution in [3.8, 4) is 6.07 Å². The van der Waals surface area contributed by atoms with Crippen molar-refractivity contribution >= 4 is 29.2 Å². The highest BCUT2D eigenvalue weighted by Gasteiger charge is 2.40. The van der Waals surface area contributed by atoms with Gasteiger partial charge in [0.15, 0.2) is 0 Å². The summed E-state index contributed by atoms with van der Waals surface area (Å²) in [6, 6.07) is 12.7. The van der Waals surface area contributed by atoms with E-state index >= 15 is 0 Å². The van der Waals surface area contributed by atoms with Crippen LogP contribution >= 0.6 is 0 Å². The first kappa shape index (κ1) is 18.7. The number of hydrogen-bond acceptors (Lipinski definition) is 4. The van der Waals surface area contributed by atoms with E-state index in [0.29, 0.717) is 28.1 Å². The van der Waals surface area contributed by atoms with Crippen LogP contribution in [0.5, 0.6) is 0 Å². The number of carbonyl (C=O) groups is 3. The number of carbonyl (C=O) groups excluding carboxylic acids is 3. The fraction of sp³-hybridized carbons (Fsp3) is 0.273. The zero-order chi connectivity index (χ0) is 20.4. The third-order valence-corrected chi connectivity index (χ3v) is 5.39. The van der Waals surface area contributed by atoms with Crippen LogP contribution in [0.15, 0.2) is 42.5 Å². The van der Waals surface area contributed by atoms with E-state index in [4.69, 9.17) is 5.26 Å². The average Bonchev–Trinajstić information content (AvgIpc) is 2.99. The maximum atomic E-state index is 12.8. The summed E-state index contributed by atoms with van der Waals surface area (Å²) in [6.45, 7) is 0. The molecule has 146 valence electrons. The summed E-state index contributed by atoms with van der Waals surface area (Å²) in [4.78, 5) is 39.2. The fourth-order valence-corrected chi connectivity index (χ4v) is 3.93. The average molecular weight is 388 g/mol. The molecule has 2 aromatic rings. The van der Waals surface area contributed by atoms with Gasteiger partial charge in [0.25, 0.3) is 11.8 Å². The molecule has 29 heavy (non-hydrogen) atoms. The summed E-state index contributed by atoms with van der Waals surface area (Å²) in [5, 5.41) is 14.2. The highest BCUT2D eigenvalue weighted by Crippen LogP contribution is 2.32. The Balaban J connectivity index is 1.47. The van der Waals surface area contributed by atoms with E-state index in [9.17, 15) is 14.4 Å². The first-order valence-corrected chi connectivity index (χ1v) is 9.67. The van der Waals surface area contributed by atoms with Gasteiger partial charge in [-0.3, -0.25) is 14.5 Å². The van der Waals surface area contributed by atoms with Crippen LogP contribution in [0.1, 0.15) is 58.4 Å². The number of benzene rings is 2. The lowest BCUT2D eigenvalue weighted by Gasteiger charge is -2.29. The van der Waals surface area contributed by atoms with Crippen molar-refractivity contribution in [3.63, 3.8) is 0 Å². The van der Waals surface area contributed by atoms with Gasteiger partial charge in [-0.15, -0.1) is 0 Å². The van der Waals surface area contributed by atoms with E-state index in [0.717, 1.165) is 32.1 Å². The number of amides is 4. The molecular formula is C22H20N4O3. The molecule has 0 saturated heterocycles. The summed E-state index contributed by atoms with van der Waals surface area (Å²) in [7, 11) is 0. The Morgan fingerprint density at radius 3 is 2.21 bits per heavy atom. The van der Waals surface area contributed by atoms with Crippen molar-refractivity contribution in [1.82, 2.24) is 4.90 Å². The van der Waals surface area contributed by atoms with Gasteiger partial charge in [-0.25, -0.2) is 4.79 Å². The zero-order valence-electron chi connectivity index (χ0n) is 15.8. The smallest absolute Gasteiger partial charge is 0.308 e. The van der Waals surface area contributed by atoms with E-state index < -0.39 is 6.03 Å². The molecule has 1 aliphatic carbocycles. The van der Waals surface area contributed by atoms with E-state index in [1.165, 1.54) is 4.90 Å². The molecule has 1 heterocycles. The summed E-state index contributed by atoms with van der Waals surface area (Å²) in [6.07, 6.45) is 4.90. The van der Waals surface area contributed by atoms with Crippen LogP contribution < -0.4 is 10.6 Å². The topological polar surface area (TPSA) is 102 Å². The lowest BCUT2D eigenvalue weighted by molar-refractivity contribution is 0.0549. The Morgan fingerprint density at radius 2 is 1.52 bits per heavy atom. The van der Waals surface area contributed by atoms with E-state index in [2.05, 4.69) is 10.6 Å². The Labute approximate surface area is 168 Å². The second-order valence-corrected chi connectivity index (χ2v) is 7.30. The molecule has 0 spiro atoms. The fourth-order valence-electron chi connectivity index (χ4n) is 3.93. The van der Waals surface area contributed by atoms with Gasteiger partial charge >= 0.3 is 6.03 Å². The molecule has 0 bridgehead atoms. The third kappa shape index (κ3) is 3.69. The van der Waals surface area contributed by atoms with Crippen molar-refractivity contribution in [2.24, 2.45) is 0 Å². The molecule has 2 N–H and O–H groups in total. The van der Waals surface area contributed by atoms with Crippen LogP contribution in [0.25, 0.3) is 0 Å². The van der Waals surface area contributed by atoms with Gasteiger partial charge in [0, 0.05) is 17.4 Å². The zero-order valence-corrected chi connectivity index (χ0v) is 15.8. The molecule has 0 unspecified atom stereocenters. The van der Waals surface area contributed by atoms with Crippen LogP contribution in [0, 0.1) is 11.3 Å². The lowest BCUT2D eigenvalue weighted by Crippen LogP contribution is -2.40. The molecule has 2 aliphatic rings. The van der Waals surface area contributed by atoms with Gasteiger partial charge < -0.3 is 10.6 Å². The highest BCUT2D eigenvalue weighted by molar-refractivity contribution is 6.22. The van der Waals surface area contributed by atoms with Crippen molar-refractivity contribution in [1.29, 1.82) is 5.26 Å². The summed E-state index contributed by atoms with van der Waals surface area (Å²) in [5.41, 5.74) is 2.19. The number of hydrogen-bond donors (Lipinski definition) is 2. The van der Waals surface area contributed by atoms with Gasteiger partial charge in [0.1, 0.15) is 0 Å². The summed E-state index contributed by atoms with van der Waals surface area (Å²) < 4.78 is 0. The number of nitrogens with one attached hydrogen (secondary N) is 2. The number of nitriles is 1. The van der Waals surface area contributed by atoms with E-state index in [1.807, 2.05) is 6.07 Å². The number of imide groups is 1. The molecule has 1 aliphatic heterocycles. The van der Waals surface area contributed by atoms with Gasteiger partial charge in [-0.05, 0) is 55.3 Å². The Morgan fingerprint density at radius 1 is 0.897 bits per heavy atom. The van der Waals surface area contributed by atoms with E-state index in [-0.39, 0.29) is 17.9 Å². The van der Waals surface area contributed by atoms with Crippen molar-refractivity contribution in [2.45, 2.75) is 38.1 Å². The minimum absolute atomic E-state index is 0.0350. The first-order chi connectivity index (χ1) is 14.1. The Kier molecular flexibility index (Phi) is 5.00. The minimum atomic E-state index is -0.476. The molecule has 0 atom stereocenters. The maximum Gasteiger partial charge on any atom is 0.323 e. The molecule has 4 rings (SSSR count). The SMILES string of the molecule is N#Cc1ccc(NC(=O)Nc2ccc3c(c2)C(=O)N(C2CCCCC2)C3=O)cc1. The second-order valence-electron chi connectivity index (χ2n) is 7.30. The largest absolute Gasteiger partial charge is 0.323 e. The normalized spacial score (nSPS) is 16.3. The van der Waals surface area contributed by atoms with Crippen LogP contribution in [0.4, 0.5) is 16.2 Å². The molecular weight excluding hydrogens is 368 g/mol. The van der Waals surface area contributed by atoms with Crippen LogP contribution in [0.2, 0.25) is 0 Å². The quantitative estimate of drug-likeness (QED) is 0.772. The van der Waals surface area contributed by atoms with Crippen LogP contribution in [0.3, 0.4) is 0 Å². The Bertz CT molecular complexity index is 1020. The van der Waals surface area contributed by atoms with Gasteiger partial charge in [-0.1, -0.05) is 19.3 Å². The van der Waals surface area contributed by atoms with Crippen molar-refractivity contribution in [3.05, 3.63) is 59.2 Å². The molecule has 1 fully saturated rings. The minimum Gasteiger partial charge on any atom is -0.308 e. The molecule has 7 nitrogen and oxygen atoms in total. The van der Waals surface area contributed by atoms with Crippen LogP contribution in [-0.4, -0.2) is 28.8 Å². The summed E-state index contributed by atoms with van der Waals surface area (Å²) >= 11 is 0. The molecule has 0 radical (unpaired) electrons. The number of urea groups is 1. The standard InChI is InChI=1S/C22H20N4O3/c23-13-14-6-8-15(9-7-14)24-22(29)25-16-10-11-18-19(12-16)21(28)26(20(18)27)17-4-2-1-3-5-17/h6-12,17H,1-5H2,(H2,24,25,29). The third-order valence-electron chi connectivity index (χ3n) is 5.39. The second kappa shape index (κ2) is 7.76. The van der Waals surface area contributed by atoms with Crippen molar-refractivity contribution in [2.75, 3.05) is 10.6 Å². The van der Waals surface area contributed by atoms with Gasteiger partial charge in [0.05, 0.1) is 22.8 Å². The summed E-state index contributed by atoms with van der Waals surface area (Å²) in [5.74, 6) is -0.529. The number of anilines is 2. The highest BCUT2D eigenvalue weighted by atomic mass is 16.2. The molecule has 7 heteroatoms. The predicted molar refractivity (Wildman–Crippen MR) is 108 cm³/mol. The molecule has 4 amide bonds. The number of rotatable bonds is 3. The van der Waals surface area contributed by atoms with Gasteiger partial charge in [0.2, 0.25) is 0 Å². The van der Waals surface area contributed by atoms with Gasteiger partial charge in [-0.2, -0.15) is 5.26 Å². The van der Waals surface area contributed by atoms with E-state index in [1.54, 1.807) is 42.5 Å². The maximum absolute atomic E-state index is 12.8. The predicted octanol–water partition coefficient (Wildman–Crippen LogP) is 4.13. The Hall–Kier alpha value is -3.66. The monoisotopic (exact) mass is 388 g/mol. The van der Waals surface area contributed by atoms with Crippen LogP contribution in [-0.2, 0) is 0 Å². The molecule has 0 aromatic heterocycles. The van der Waals surface area contributed by atoms with Crippen molar-refractivity contribution < 1.29 is 14.4 Å². The lowest BCUT2D eigenvalue weighted by atomic mass is 9.94. The number of nitrogens with zero attached hydrogens (tertiary/aromatic N) is 2. The molecule has 1 saturated carbocycles. The first-order valence-electron chi connectivity index (χ1n) is 9.67. The number of fused-ring (bicyclic) bond motifs is 1.